The zero-order valence-corrected chi connectivity index (χ0v) is 15.4. The van der Waals surface area contributed by atoms with Gasteiger partial charge in [-0.3, -0.25) is 9.59 Å². The molecule has 146 valence electrons. The fourth-order valence-corrected chi connectivity index (χ4v) is 3.57. The molecule has 2 fully saturated rings. The molecule has 2 heterocycles. The molecule has 2 amide bonds. The van der Waals surface area contributed by atoms with Crippen LogP contribution in [-0.4, -0.2) is 50.7 Å². The van der Waals surface area contributed by atoms with Crippen molar-refractivity contribution >= 4 is 23.5 Å². The number of hydrogen-bond acceptors (Lipinski definition) is 4. The van der Waals surface area contributed by atoms with E-state index in [2.05, 4.69) is 10.4 Å². The summed E-state index contributed by atoms with van der Waals surface area (Å²) in [4.78, 5) is 38.1. The van der Waals surface area contributed by atoms with Crippen LogP contribution in [-0.2, 0) is 9.59 Å². The highest BCUT2D eigenvalue weighted by molar-refractivity contribution is 5.95. The zero-order valence-electron chi connectivity index (χ0n) is 15.4. The monoisotopic (exact) mass is 382 g/mol. The molecular weight excluding hydrogens is 360 g/mol. The van der Waals surface area contributed by atoms with Gasteiger partial charge in [0.05, 0.1) is 17.3 Å². The lowest BCUT2D eigenvalue weighted by atomic mass is 9.96. The Balaban J connectivity index is 1.48. The molecule has 0 spiro atoms. The second-order valence-electron chi connectivity index (χ2n) is 7.35. The van der Waals surface area contributed by atoms with Gasteiger partial charge >= 0.3 is 5.97 Å². The summed E-state index contributed by atoms with van der Waals surface area (Å²) in [7, 11) is 0. The van der Waals surface area contributed by atoms with Gasteiger partial charge in [-0.05, 0) is 43.9 Å². The molecule has 8 heteroatoms. The minimum Gasteiger partial charge on any atom is -0.476 e. The SMILES string of the molecule is O=C(O)c1ccn(-c2ccccc2NC(=O)C2CCCN(C(=O)C3CC3)C2)n1. The van der Waals surface area contributed by atoms with Gasteiger partial charge in [-0.1, -0.05) is 12.1 Å². The summed E-state index contributed by atoms with van der Waals surface area (Å²) >= 11 is 0. The first-order chi connectivity index (χ1) is 13.5. The highest BCUT2D eigenvalue weighted by atomic mass is 16.4. The number of likely N-dealkylation sites (tertiary alicyclic amines) is 1. The maximum Gasteiger partial charge on any atom is 0.356 e. The molecule has 2 aromatic rings. The highest BCUT2D eigenvalue weighted by Crippen LogP contribution is 2.32. The van der Waals surface area contributed by atoms with Crippen molar-refractivity contribution in [1.82, 2.24) is 14.7 Å². The van der Waals surface area contributed by atoms with Gasteiger partial charge in [0.2, 0.25) is 11.8 Å². The third-order valence-electron chi connectivity index (χ3n) is 5.25. The van der Waals surface area contributed by atoms with Crippen molar-refractivity contribution in [2.45, 2.75) is 25.7 Å². The normalized spacial score (nSPS) is 19.3. The Hall–Kier alpha value is -3.16. The van der Waals surface area contributed by atoms with Crippen molar-refractivity contribution in [3.05, 3.63) is 42.2 Å². The number of carbonyl (C=O) groups excluding carboxylic acids is 2. The van der Waals surface area contributed by atoms with Crippen molar-refractivity contribution in [2.75, 3.05) is 18.4 Å². The number of aromatic nitrogens is 2. The van der Waals surface area contributed by atoms with Gasteiger partial charge in [0.1, 0.15) is 0 Å². The highest BCUT2D eigenvalue weighted by Gasteiger charge is 2.36. The third-order valence-corrected chi connectivity index (χ3v) is 5.25. The van der Waals surface area contributed by atoms with E-state index in [1.54, 1.807) is 30.5 Å². The average Bonchev–Trinajstić information content (AvgIpc) is 3.44. The second-order valence-corrected chi connectivity index (χ2v) is 7.35. The number of para-hydroxylation sites is 2. The van der Waals surface area contributed by atoms with Gasteiger partial charge in [0.15, 0.2) is 5.69 Å². The number of amides is 2. The van der Waals surface area contributed by atoms with Gasteiger partial charge in [0, 0.05) is 25.2 Å². The van der Waals surface area contributed by atoms with Crippen LogP contribution >= 0.6 is 0 Å². The summed E-state index contributed by atoms with van der Waals surface area (Å²) in [5, 5.41) is 16.0. The number of anilines is 1. The number of aromatic carboxylic acids is 1. The lowest BCUT2D eigenvalue weighted by molar-refractivity contribution is -0.135. The maximum absolute atomic E-state index is 12.8. The quantitative estimate of drug-likeness (QED) is 0.825. The first-order valence-corrected chi connectivity index (χ1v) is 9.51. The number of piperidine rings is 1. The molecule has 8 nitrogen and oxygen atoms in total. The van der Waals surface area contributed by atoms with Gasteiger partial charge < -0.3 is 15.3 Å². The summed E-state index contributed by atoms with van der Waals surface area (Å²) in [6.07, 6.45) is 5.03. The number of nitrogens with zero attached hydrogens (tertiary/aromatic N) is 3. The largest absolute Gasteiger partial charge is 0.476 e. The molecule has 1 saturated heterocycles. The Morgan fingerprint density at radius 2 is 1.86 bits per heavy atom. The molecule has 1 unspecified atom stereocenters. The molecule has 1 aliphatic carbocycles. The Morgan fingerprint density at radius 1 is 1.07 bits per heavy atom. The van der Waals surface area contributed by atoms with Crippen LogP contribution in [0.3, 0.4) is 0 Å². The molecule has 1 atom stereocenters. The van der Waals surface area contributed by atoms with E-state index < -0.39 is 5.97 Å². The van der Waals surface area contributed by atoms with E-state index in [-0.39, 0.29) is 29.3 Å². The van der Waals surface area contributed by atoms with E-state index in [0.29, 0.717) is 17.9 Å². The molecule has 28 heavy (non-hydrogen) atoms. The molecule has 1 aliphatic heterocycles. The second kappa shape index (κ2) is 7.46. The van der Waals surface area contributed by atoms with E-state index in [1.165, 1.54) is 10.7 Å². The summed E-state index contributed by atoms with van der Waals surface area (Å²) in [5.74, 6) is -1.16. The maximum atomic E-state index is 12.8. The van der Waals surface area contributed by atoms with Crippen LogP contribution in [0.15, 0.2) is 36.5 Å². The summed E-state index contributed by atoms with van der Waals surface area (Å²) in [5.41, 5.74) is 1.07. The predicted molar refractivity (Wildman–Crippen MR) is 101 cm³/mol. The van der Waals surface area contributed by atoms with Gasteiger partial charge in [-0.15, -0.1) is 0 Å². The van der Waals surface area contributed by atoms with Crippen LogP contribution in [0.25, 0.3) is 5.69 Å². The van der Waals surface area contributed by atoms with E-state index in [4.69, 9.17) is 5.11 Å². The molecule has 1 aromatic carbocycles. The van der Waals surface area contributed by atoms with Crippen molar-refractivity contribution < 1.29 is 19.5 Å². The van der Waals surface area contributed by atoms with E-state index in [9.17, 15) is 14.4 Å². The number of carboxylic acids is 1. The van der Waals surface area contributed by atoms with Gasteiger partial charge in [-0.25, -0.2) is 9.48 Å². The molecular formula is C20H22N4O4. The topological polar surface area (TPSA) is 105 Å². The van der Waals surface area contributed by atoms with E-state index in [1.807, 2.05) is 4.90 Å². The van der Waals surface area contributed by atoms with Crippen LogP contribution in [0.2, 0.25) is 0 Å². The number of carboxylic acid groups (broad SMARTS) is 1. The van der Waals surface area contributed by atoms with Crippen molar-refractivity contribution in [3.63, 3.8) is 0 Å². The predicted octanol–water partition coefficient (Wildman–Crippen LogP) is 2.16. The lowest BCUT2D eigenvalue weighted by Gasteiger charge is -2.32. The van der Waals surface area contributed by atoms with Crippen LogP contribution in [0.5, 0.6) is 0 Å². The van der Waals surface area contributed by atoms with Crippen LogP contribution in [0.1, 0.15) is 36.2 Å². The molecule has 0 radical (unpaired) electrons. The first-order valence-electron chi connectivity index (χ1n) is 9.51. The van der Waals surface area contributed by atoms with E-state index >= 15 is 0 Å². The Morgan fingerprint density at radius 3 is 2.57 bits per heavy atom. The fourth-order valence-electron chi connectivity index (χ4n) is 3.57. The van der Waals surface area contributed by atoms with Crippen molar-refractivity contribution in [1.29, 1.82) is 0 Å². The average molecular weight is 382 g/mol. The zero-order chi connectivity index (χ0) is 19.7. The standard InChI is InChI=1S/C20H22N4O4/c25-18(14-4-3-10-23(12-14)19(26)13-7-8-13)21-15-5-1-2-6-17(15)24-11-9-16(22-24)20(27)28/h1-2,5-6,9,11,13-14H,3-4,7-8,10,12H2,(H,21,25)(H,27,28). The van der Waals surface area contributed by atoms with Gasteiger partial charge in [0.25, 0.3) is 0 Å². The summed E-state index contributed by atoms with van der Waals surface area (Å²) in [6, 6.07) is 8.51. The first kappa shape index (κ1) is 18.2. The number of benzene rings is 1. The Kier molecular flexibility index (Phi) is 4.85. The Bertz CT molecular complexity index is 918. The molecule has 4 rings (SSSR count). The lowest BCUT2D eigenvalue weighted by Crippen LogP contribution is -2.44. The number of hydrogen-bond donors (Lipinski definition) is 2. The van der Waals surface area contributed by atoms with Crippen molar-refractivity contribution in [3.8, 4) is 5.69 Å². The number of carbonyl (C=O) groups is 3. The summed E-state index contributed by atoms with van der Waals surface area (Å²) < 4.78 is 1.43. The number of rotatable bonds is 5. The number of nitrogens with one attached hydrogen (secondary N) is 1. The molecule has 1 aromatic heterocycles. The van der Waals surface area contributed by atoms with Crippen LogP contribution < -0.4 is 5.32 Å². The van der Waals surface area contributed by atoms with Gasteiger partial charge in [-0.2, -0.15) is 5.10 Å². The molecule has 2 N–H and O–H groups in total. The van der Waals surface area contributed by atoms with Crippen LogP contribution in [0.4, 0.5) is 5.69 Å². The summed E-state index contributed by atoms with van der Waals surface area (Å²) in [6.45, 7) is 1.18. The minimum atomic E-state index is -1.11. The minimum absolute atomic E-state index is 0.0670. The van der Waals surface area contributed by atoms with Crippen LogP contribution in [0, 0.1) is 11.8 Å². The molecule has 2 aliphatic rings. The smallest absolute Gasteiger partial charge is 0.356 e. The van der Waals surface area contributed by atoms with Crippen molar-refractivity contribution in [2.24, 2.45) is 11.8 Å². The molecule has 1 saturated carbocycles. The fraction of sp³-hybridized carbons (Fsp3) is 0.400. The van der Waals surface area contributed by atoms with E-state index in [0.717, 1.165) is 32.2 Å². The molecule has 0 bridgehead atoms. The Labute approximate surface area is 162 Å². The third kappa shape index (κ3) is 3.76.